The van der Waals surface area contributed by atoms with Gasteiger partial charge in [-0.15, -0.1) is 0 Å². The van der Waals surface area contributed by atoms with E-state index in [2.05, 4.69) is 22.1 Å². The fraction of sp³-hybridized carbons (Fsp3) is 0.312. The molecule has 2 aliphatic carbocycles. The number of likely N-dealkylation sites (N-methyl/N-ethyl adjacent to an activating group) is 1. The number of benzene rings is 1. The second-order valence-corrected chi connectivity index (χ2v) is 11.4. The molecule has 0 saturated heterocycles. The Balaban J connectivity index is 1.42. The Morgan fingerprint density at radius 2 is 1.96 bits per heavy atom. The van der Waals surface area contributed by atoms with Gasteiger partial charge in [-0.05, 0) is 49.1 Å². The Hall–Kier alpha value is -4.68. The first-order valence-electron chi connectivity index (χ1n) is 14.2. The molecule has 6 rings (SSSR count). The highest BCUT2D eigenvalue weighted by Gasteiger charge is 2.67. The lowest BCUT2D eigenvalue weighted by molar-refractivity contribution is -0.438. The summed E-state index contributed by atoms with van der Waals surface area (Å²) in [6.07, 6.45) is 5.63. The van der Waals surface area contributed by atoms with E-state index in [4.69, 9.17) is 0 Å². The lowest BCUT2D eigenvalue weighted by Gasteiger charge is -2.22. The van der Waals surface area contributed by atoms with Crippen molar-refractivity contribution in [3.8, 4) is 0 Å². The van der Waals surface area contributed by atoms with Crippen molar-refractivity contribution in [2.75, 3.05) is 7.05 Å². The molecule has 1 saturated carbocycles. The summed E-state index contributed by atoms with van der Waals surface area (Å²) in [6, 6.07) is 5.57. The van der Waals surface area contributed by atoms with E-state index < -0.39 is 65.7 Å². The third-order valence-corrected chi connectivity index (χ3v) is 8.21. The van der Waals surface area contributed by atoms with Gasteiger partial charge in [0.25, 0.3) is 12.3 Å². The molecular weight excluding hydrogens is 598 g/mol. The van der Waals surface area contributed by atoms with E-state index >= 15 is 8.78 Å². The topological polar surface area (TPSA) is 67.2 Å². The smallest absolute Gasteiger partial charge is 0.293 e. The van der Waals surface area contributed by atoms with E-state index in [-0.39, 0.29) is 24.0 Å². The van der Waals surface area contributed by atoms with Crippen molar-refractivity contribution in [1.29, 1.82) is 0 Å². The number of hydrogen-bond donors (Lipinski definition) is 1. The molecule has 45 heavy (non-hydrogen) atoms. The molecular formula is C32H29F6N6O+. The highest BCUT2D eigenvalue weighted by molar-refractivity contribution is 5.80. The molecule has 13 heteroatoms. The van der Waals surface area contributed by atoms with Crippen molar-refractivity contribution in [2.24, 2.45) is 5.92 Å². The molecule has 2 aliphatic rings. The summed E-state index contributed by atoms with van der Waals surface area (Å²) in [4.78, 5) is 17.8. The van der Waals surface area contributed by atoms with Crippen LogP contribution in [0.2, 0.25) is 0 Å². The first-order chi connectivity index (χ1) is 21.4. The van der Waals surface area contributed by atoms with Gasteiger partial charge in [0.2, 0.25) is 11.6 Å². The van der Waals surface area contributed by atoms with Crippen LogP contribution in [0, 0.1) is 17.6 Å². The highest BCUT2D eigenvalue weighted by atomic mass is 19.3. The lowest BCUT2D eigenvalue weighted by Crippen LogP contribution is -2.43. The van der Waals surface area contributed by atoms with Crippen LogP contribution in [0.4, 0.5) is 26.3 Å². The van der Waals surface area contributed by atoms with E-state index in [1.807, 2.05) is 12.3 Å². The fourth-order valence-corrected chi connectivity index (χ4v) is 6.37. The lowest BCUT2D eigenvalue weighted by atomic mass is 9.95. The van der Waals surface area contributed by atoms with Gasteiger partial charge >= 0.3 is 0 Å². The van der Waals surface area contributed by atoms with E-state index in [0.29, 0.717) is 27.2 Å². The number of aromatic nitrogens is 4. The number of alkyl halides is 4. The van der Waals surface area contributed by atoms with E-state index in [0.717, 1.165) is 18.2 Å². The second-order valence-electron chi connectivity index (χ2n) is 11.4. The van der Waals surface area contributed by atoms with Crippen LogP contribution in [-0.4, -0.2) is 49.5 Å². The second kappa shape index (κ2) is 11.4. The predicted octanol–water partition coefficient (Wildman–Crippen LogP) is 6.01. The van der Waals surface area contributed by atoms with Gasteiger partial charge < -0.3 is 9.72 Å². The first kappa shape index (κ1) is 30.4. The van der Waals surface area contributed by atoms with Crippen LogP contribution in [0.1, 0.15) is 53.8 Å². The third kappa shape index (κ3) is 5.55. The summed E-state index contributed by atoms with van der Waals surface area (Å²) in [6.45, 7) is 5.05. The summed E-state index contributed by atoms with van der Waals surface area (Å²) in [5.41, 5.74) is 1.03. The van der Waals surface area contributed by atoms with Crippen molar-refractivity contribution in [3.05, 3.63) is 106 Å². The number of rotatable bonds is 10. The minimum absolute atomic E-state index is 0.0897. The van der Waals surface area contributed by atoms with Crippen LogP contribution < -0.4 is 5.32 Å². The molecule has 4 aromatic rings. The Kier molecular flexibility index (Phi) is 7.66. The quantitative estimate of drug-likeness (QED) is 0.101. The van der Waals surface area contributed by atoms with Crippen molar-refractivity contribution in [3.63, 3.8) is 0 Å². The van der Waals surface area contributed by atoms with Gasteiger partial charge in [-0.25, -0.2) is 27.1 Å². The molecule has 1 amide bonds. The number of imidazole rings is 1. The van der Waals surface area contributed by atoms with Gasteiger partial charge in [-0.1, -0.05) is 12.2 Å². The number of halogens is 6. The molecule has 1 fully saturated rings. The van der Waals surface area contributed by atoms with E-state index in [9.17, 15) is 22.4 Å². The highest BCUT2D eigenvalue weighted by Crippen LogP contribution is 2.68. The summed E-state index contributed by atoms with van der Waals surface area (Å²) >= 11 is 0. The standard InChI is InChI=1S/C32H28F6N6O/c1-4-5-21(18-6-7-25-39-8-9-43(25)15-18)29(42(2)3)24(12-17-10-19(33)13-20(34)11-17)40-26(45)16-44-30-27(28(41-44)31(35)36)22-14-23(22)32(30,37)38/h4-11,13,15,22-24,31H,2,12,14,16H2,1,3H3/p+1. The first-order valence-corrected chi connectivity index (χ1v) is 14.2. The Bertz CT molecular complexity index is 1870. The summed E-state index contributed by atoms with van der Waals surface area (Å²) in [7, 11) is 1.63. The van der Waals surface area contributed by atoms with E-state index in [1.165, 1.54) is 4.58 Å². The van der Waals surface area contributed by atoms with Crippen LogP contribution >= 0.6 is 0 Å². The zero-order chi connectivity index (χ0) is 32.2. The molecule has 3 atom stereocenters. The maximum atomic E-state index is 15.1. The number of carbonyl (C=O) groups is 1. The number of pyridine rings is 1. The Morgan fingerprint density at radius 1 is 1.22 bits per heavy atom. The van der Waals surface area contributed by atoms with Crippen molar-refractivity contribution < 1.29 is 35.7 Å². The van der Waals surface area contributed by atoms with Gasteiger partial charge in [0.15, 0.2) is 0 Å². The molecule has 234 valence electrons. The Labute approximate surface area is 254 Å². The number of nitrogens with one attached hydrogen (secondary N) is 1. The number of allylic oxidation sites excluding steroid dienone is 3. The number of nitrogens with zero attached hydrogens (tertiary/aromatic N) is 5. The normalized spacial score (nSPS) is 19.5. The molecule has 0 aliphatic heterocycles. The monoisotopic (exact) mass is 627 g/mol. The summed E-state index contributed by atoms with van der Waals surface area (Å²) < 4.78 is 90.3. The van der Waals surface area contributed by atoms with Gasteiger partial charge in [-0.3, -0.25) is 9.48 Å². The Morgan fingerprint density at radius 3 is 2.62 bits per heavy atom. The zero-order valence-corrected chi connectivity index (χ0v) is 24.3. The maximum absolute atomic E-state index is 15.1. The molecule has 0 radical (unpaired) electrons. The van der Waals surface area contributed by atoms with Crippen molar-refractivity contribution in [2.45, 2.75) is 50.6 Å². The number of carbonyl (C=O) groups excluding carboxylic acids is 1. The zero-order valence-electron chi connectivity index (χ0n) is 24.3. The summed E-state index contributed by atoms with van der Waals surface area (Å²) in [5.74, 6) is -7.66. The molecule has 3 unspecified atom stereocenters. The van der Waals surface area contributed by atoms with Gasteiger partial charge in [0.1, 0.15) is 55.0 Å². The van der Waals surface area contributed by atoms with Gasteiger partial charge in [0.05, 0.1) is 5.57 Å². The van der Waals surface area contributed by atoms with Crippen LogP contribution in [0.25, 0.3) is 11.2 Å². The molecule has 3 heterocycles. The predicted molar refractivity (Wildman–Crippen MR) is 154 cm³/mol. The SMILES string of the molecule is C=[N+](C)C(=C(C=CC)c1ccc2nccn2c1)C(Cc1cc(F)cc(F)c1)NC(=O)Cn1nc(C(F)F)c2c1C(F)(F)C1CC21. The average Bonchev–Trinajstić information content (AvgIpc) is 3.36. The third-order valence-electron chi connectivity index (χ3n) is 8.21. The van der Waals surface area contributed by atoms with Crippen LogP contribution in [0.5, 0.6) is 0 Å². The molecule has 7 nitrogen and oxygen atoms in total. The number of fused-ring (bicyclic) bond motifs is 4. The van der Waals surface area contributed by atoms with Crippen LogP contribution in [0.15, 0.2) is 66.8 Å². The number of hydrogen-bond acceptors (Lipinski definition) is 3. The molecule has 3 aromatic heterocycles. The van der Waals surface area contributed by atoms with Crippen LogP contribution in [-0.2, 0) is 23.7 Å². The maximum Gasteiger partial charge on any atom is 0.293 e. The van der Waals surface area contributed by atoms with Crippen LogP contribution in [0.3, 0.4) is 0 Å². The van der Waals surface area contributed by atoms with Crippen molar-refractivity contribution in [1.82, 2.24) is 24.5 Å². The van der Waals surface area contributed by atoms with E-state index in [1.54, 1.807) is 49.0 Å². The molecule has 1 N–H and O–H groups in total. The minimum atomic E-state index is -3.40. The van der Waals surface area contributed by atoms with Gasteiger partial charge in [-0.2, -0.15) is 13.9 Å². The molecule has 0 bridgehead atoms. The molecule has 0 spiro atoms. The average molecular weight is 628 g/mol. The molecule has 1 aromatic carbocycles. The fourth-order valence-electron chi connectivity index (χ4n) is 6.37. The summed E-state index contributed by atoms with van der Waals surface area (Å²) in [5, 5.41) is 6.53. The van der Waals surface area contributed by atoms with Gasteiger partial charge in [0, 0.05) is 48.1 Å². The largest absolute Gasteiger partial charge is 0.341 e. The minimum Gasteiger partial charge on any atom is -0.341 e. The number of amides is 1. The van der Waals surface area contributed by atoms with Crippen molar-refractivity contribution >= 4 is 23.8 Å².